The van der Waals surface area contributed by atoms with Crippen molar-refractivity contribution in [1.82, 2.24) is 15.5 Å². The molecule has 0 bridgehead atoms. The minimum Gasteiger partial charge on any atom is -0.376 e. The van der Waals surface area contributed by atoms with Crippen molar-refractivity contribution in [1.29, 1.82) is 0 Å². The Morgan fingerprint density at radius 1 is 1.46 bits per heavy atom. The van der Waals surface area contributed by atoms with Crippen LogP contribution < -0.4 is 5.32 Å². The summed E-state index contributed by atoms with van der Waals surface area (Å²) in [4.78, 5) is 16.0. The van der Waals surface area contributed by atoms with Gasteiger partial charge in [-0.25, -0.2) is 4.39 Å². The highest BCUT2D eigenvalue weighted by molar-refractivity contribution is 7.99. The summed E-state index contributed by atoms with van der Waals surface area (Å²) in [6.07, 6.45) is 2.20. The van der Waals surface area contributed by atoms with Gasteiger partial charge in [0.25, 0.3) is 0 Å². The fourth-order valence-electron chi connectivity index (χ4n) is 2.37. The van der Waals surface area contributed by atoms with Gasteiger partial charge < -0.3 is 14.6 Å². The molecular weight excluding hydrogens is 333 g/mol. The second-order valence-corrected chi connectivity index (χ2v) is 6.44. The number of halogens is 1. The third kappa shape index (κ3) is 4.78. The van der Waals surface area contributed by atoms with E-state index in [2.05, 4.69) is 15.5 Å². The molecule has 0 saturated carbocycles. The van der Waals surface area contributed by atoms with Gasteiger partial charge in [0.2, 0.25) is 17.6 Å². The Labute approximate surface area is 143 Å². The third-order valence-electron chi connectivity index (χ3n) is 3.56. The van der Waals surface area contributed by atoms with Crippen LogP contribution in [0.5, 0.6) is 0 Å². The molecule has 1 aliphatic rings. The van der Waals surface area contributed by atoms with E-state index in [0.717, 1.165) is 19.4 Å². The van der Waals surface area contributed by atoms with E-state index in [9.17, 15) is 9.18 Å². The summed E-state index contributed by atoms with van der Waals surface area (Å²) in [7, 11) is 0. The molecule has 1 N–H and O–H groups in total. The molecule has 3 rings (SSSR count). The van der Waals surface area contributed by atoms with Crippen molar-refractivity contribution >= 4 is 17.7 Å². The van der Waals surface area contributed by atoms with E-state index >= 15 is 0 Å². The molecular formula is C16H18FN3O3S. The van der Waals surface area contributed by atoms with Gasteiger partial charge in [-0.15, -0.1) is 11.8 Å². The zero-order chi connectivity index (χ0) is 16.8. The van der Waals surface area contributed by atoms with Crippen LogP contribution in [0.25, 0.3) is 11.4 Å². The molecule has 0 aliphatic carbocycles. The van der Waals surface area contributed by atoms with Crippen molar-refractivity contribution in [2.24, 2.45) is 0 Å². The van der Waals surface area contributed by atoms with Gasteiger partial charge in [-0.1, -0.05) is 17.3 Å². The Hall–Kier alpha value is -1.93. The lowest BCUT2D eigenvalue weighted by Crippen LogP contribution is -2.32. The number of hydrogen-bond donors (Lipinski definition) is 1. The number of amides is 1. The minimum absolute atomic E-state index is 0.0413. The van der Waals surface area contributed by atoms with Crippen LogP contribution in [0.15, 0.2) is 28.8 Å². The van der Waals surface area contributed by atoms with E-state index in [1.807, 2.05) is 0 Å². The predicted molar refractivity (Wildman–Crippen MR) is 87.8 cm³/mol. The molecule has 8 heteroatoms. The summed E-state index contributed by atoms with van der Waals surface area (Å²) < 4.78 is 23.8. The fraction of sp³-hybridized carbons (Fsp3) is 0.438. The molecule has 1 saturated heterocycles. The maximum Gasteiger partial charge on any atom is 0.236 e. The number of carbonyl (C=O) groups excluding carboxylic acids is 1. The van der Waals surface area contributed by atoms with Crippen molar-refractivity contribution in [3.8, 4) is 11.4 Å². The predicted octanol–water partition coefficient (Wildman–Crippen LogP) is 2.40. The first kappa shape index (κ1) is 16.9. The minimum atomic E-state index is -0.351. The SMILES string of the molecule is O=C(CSCc1nc(-c2cccc(F)c2)no1)NC[C@@H]1CCCO1. The van der Waals surface area contributed by atoms with Gasteiger partial charge in [0, 0.05) is 18.7 Å². The normalized spacial score (nSPS) is 17.1. The number of carbonyl (C=O) groups is 1. The van der Waals surface area contributed by atoms with E-state index < -0.39 is 0 Å². The molecule has 0 unspecified atom stereocenters. The zero-order valence-electron chi connectivity index (χ0n) is 13.0. The average Bonchev–Trinajstić information content (AvgIpc) is 3.25. The summed E-state index contributed by atoms with van der Waals surface area (Å²) in [5.74, 6) is 1.09. The molecule has 6 nitrogen and oxygen atoms in total. The molecule has 24 heavy (non-hydrogen) atoms. The van der Waals surface area contributed by atoms with E-state index in [1.54, 1.807) is 12.1 Å². The van der Waals surface area contributed by atoms with Gasteiger partial charge in [-0.3, -0.25) is 4.79 Å². The number of ether oxygens (including phenoxy) is 1. The van der Waals surface area contributed by atoms with Crippen LogP contribution in [0.4, 0.5) is 4.39 Å². The number of nitrogens with zero attached hydrogens (tertiary/aromatic N) is 2. The van der Waals surface area contributed by atoms with Gasteiger partial charge in [0.15, 0.2) is 0 Å². The molecule has 0 spiro atoms. The Morgan fingerprint density at radius 2 is 2.38 bits per heavy atom. The van der Waals surface area contributed by atoms with Crippen molar-refractivity contribution in [3.63, 3.8) is 0 Å². The Kier molecular flexibility index (Phi) is 5.81. The topological polar surface area (TPSA) is 77.2 Å². The van der Waals surface area contributed by atoms with E-state index in [4.69, 9.17) is 9.26 Å². The summed E-state index contributed by atoms with van der Waals surface area (Å²) in [6, 6.07) is 6.01. The highest BCUT2D eigenvalue weighted by Crippen LogP contribution is 2.18. The Balaban J connectivity index is 1.41. The molecule has 1 aromatic carbocycles. The Morgan fingerprint density at radius 3 is 3.17 bits per heavy atom. The molecule has 1 aliphatic heterocycles. The maximum absolute atomic E-state index is 13.2. The molecule has 128 valence electrons. The van der Waals surface area contributed by atoms with E-state index in [1.165, 1.54) is 23.9 Å². The van der Waals surface area contributed by atoms with Crippen LogP contribution in [0, 0.1) is 5.82 Å². The van der Waals surface area contributed by atoms with Gasteiger partial charge >= 0.3 is 0 Å². The van der Waals surface area contributed by atoms with Gasteiger partial charge in [0.05, 0.1) is 17.6 Å². The summed E-state index contributed by atoms with van der Waals surface area (Å²) in [6.45, 7) is 1.34. The zero-order valence-corrected chi connectivity index (χ0v) is 13.9. The summed E-state index contributed by atoms with van der Waals surface area (Å²) in [5.41, 5.74) is 0.560. The van der Waals surface area contributed by atoms with Crippen LogP contribution in [-0.4, -0.2) is 41.1 Å². The first-order valence-corrected chi connectivity index (χ1v) is 8.91. The van der Waals surface area contributed by atoms with Crippen LogP contribution >= 0.6 is 11.8 Å². The molecule has 0 radical (unpaired) electrons. The van der Waals surface area contributed by atoms with Crippen molar-refractivity contribution in [2.45, 2.75) is 24.7 Å². The quantitative estimate of drug-likeness (QED) is 0.825. The first-order valence-electron chi connectivity index (χ1n) is 7.75. The van der Waals surface area contributed by atoms with Gasteiger partial charge in [0.1, 0.15) is 5.82 Å². The van der Waals surface area contributed by atoms with Crippen LogP contribution in [-0.2, 0) is 15.3 Å². The van der Waals surface area contributed by atoms with Crippen molar-refractivity contribution in [3.05, 3.63) is 36.0 Å². The standard InChI is InChI=1S/C16H18FN3O3S/c17-12-4-1-3-11(7-12)16-19-15(23-20-16)10-24-9-14(21)18-8-13-5-2-6-22-13/h1,3-4,7,13H,2,5-6,8-10H2,(H,18,21)/t13-/m0/s1. The highest BCUT2D eigenvalue weighted by atomic mass is 32.2. The number of hydrogen-bond acceptors (Lipinski definition) is 6. The smallest absolute Gasteiger partial charge is 0.236 e. The molecule has 1 amide bonds. The van der Waals surface area contributed by atoms with E-state index in [0.29, 0.717) is 35.3 Å². The fourth-order valence-corrected chi connectivity index (χ4v) is 3.05. The largest absolute Gasteiger partial charge is 0.376 e. The first-order chi connectivity index (χ1) is 11.7. The molecule has 1 fully saturated rings. The van der Waals surface area contributed by atoms with Crippen LogP contribution in [0.3, 0.4) is 0 Å². The van der Waals surface area contributed by atoms with Crippen molar-refractivity contribution < 1.29 is 18.4 Å². The molecule has 1 atom stereocenters. The molecule has 2 aromatic rings. The lowest BCUT2D eigenvalue weighted by atomic mass is 10.2. The average molecular weight is 351 g/mol. The lowest BCUT2D eigenvalue weighted by Gasteiger charge is -2.10. The number of thioether (sulfide) groups is 1. The number of nitrogens with one attached hydrogen (secondary N) is 1. The van der Waals surface area contributed by atoms with Gasteiger partial charge in [-0.05, 0) is 25.0 Å². The second-order valence-electron chi connectivity index (χ2n) is 5.45. The van der Waals surface area contributed by atoms with Crippen molar-refractivity contribution in [2.75, 3.05) is 18.9 Å². The third-order valence-corrected chi connectivity index (χ3v) is 4.48. The molecule has 1 aromatic heterocycles. The molecule has 2 heterocycles. The number of aromatic nitrogens is 2. The van der Waals surface area contributed by atoms with Crippen LogP contribution in [0.1, 0.15) is 18.7 Å². The highest BCUT2D eigenvalue weighted by Gasteiger charge is 2.16. The monoisotopic (exact) mass is 351 g/mol. The summed E-state index contributed by atoms with van der Waals surface area (Å²) in [5, 5.41) is 6.69. The number of benzene rings is 1. The van der Waals surface area contributed by atoms with Crippen LogP contribution in [0.2, 0.25) is 0 Å². The summed E-state index contributed by atoms with van der Waals surface area (Å²) >= 11 is 1.39. The maximum atomic E-state index is 13.2. The second kappa shape index (κ2) is 8.25. The van der Waals surface area contributed by atoms with E-state index in [-0.39, 0.29) is 17.8 Å². The number of rotatable bonds is 7. The lowest BCUT2D eigenvalue weighted by molar-refractivity contribution is -0.119. The Bertz CT molecular complexity index is 689. The van der Waals surface area contributed by atoms with Gasteiger partial charge in [-0.2, -0.15) is 4.98 Å².